The highest BCUT2D eigenvalue weighted by Crippen LogP contribution is 2.45. The number of unbranched alkanes of at least 4 members (excludes halogenated alkanes) is 33. The smallest absolute Gasteiger partial charge is 0.462 e. The van der Waals surface area contributed by atoms with E-state index in [1.165, 1.54) is 122 Å². The first-order chi connectivity index (χ1) is 39.1. The summed E-state index contributed by atoms with van der Waals surface area (Å²) in [5.74, 6) is -1.43. The highest BCUT2D eigenvalue weighted by atomic mass is 31.2. The first-order valence-corrected chi connectivity index (χ1v) is 35.7. The molecule has 3 N–H and O–H groups in total. The molecule has 0 saturated heterocycles. The molecule has 480 valence electrons. The minimum Gasteiger partial charge on any atom is -0.462 e. The molecule has 0 fully saturated rings. The zero-order valence-electron chi connectivity index (χ0n) is 51.9. The van der Waals surface area contributed by atoms with E-state index in [0.717, 1.165) is 109 Å². The Kier molecular flexibility index (Phi) is 54.6. The lowest BCUT2D eigenvalue weighted by Gasteiger charge is -2.21. The standard InChI is InChI=1S/C62H120O17P2/c1-6-10-13-16-17-18-19-20-21-22-23-24-25-26-27-28-29-30-31-38-43-48-62(67)79-58(52-73-60(65)46-41-37-33-32-36-39-44-55(5)9-4)54-77-81(70,71)75-50-56(63)49-74-80(68,69)76-53-57(78-61(66)47-42-35-15-12-8-3)51-72-59(64)45-40-34-14-11-7-2/h55-58,63H,6-54H2,1-5H3,(H,68,69)(H,70,71)/t55?,56-,57+,58+/m0/s1. The zero-order valence-corrected chi connectivity index (χ0v) is 53.7. The van der Waals surface area contributed by atoms with Crippen molar-refractivity contribution < 1.29 is 80.2 Å². The first-order valence-electron chi connectivity index (χ1n) is 32.7. The number of ether oxygens (including phenoxy) is 4. The van der Waals surface area contributed by atoms with Gasteiger partial charge in [0.05, 0.1) is 26.4 Å². The van der Waals surface area contributed by atoms with E-state index >= 15 is 0 Å². The molecule has 0 radical (unpaired) electrons. The van der Waals surface area contributed by atoms with Crippen molar-refractivity contribution in [2.45, 2.75) is 329 Å². The van der Waals surface area contributed by atoms with E-state index in [2.05, 4.69) is 34.6 Å². The molecule has 3 unspecified atom stereocenters. The summed E-state index contributed by atoms with van der Waals surface area (Å²) >= 11 is 0. The first kappa shape index (κ1) is 79.1. The molecule has 0 aliphatic heterocycles. The maximum absolute atomic E-state index is 13.0. The zero-order chi connectivity index (χ0) is 59.9. The van der Waals surface area contributed by atoms with Crippen LogP contribution in [0.25, 0.3) is 0 Å². The highest BCUT2D eigenvalue weighted by molar-refractivity contribution is 7.47. The second-order valence-corrected chi connectivity index (χ2v) is 25.6. The predicted octanol–water partition coefficient (Wildman–Crippen LogP) is 17.0. The van der Waals surface area contributed by atoms with Gasteiger partial charge in [-0.3, -0.25) is 37.3 Å². The van der Waals surface area contributed by atoms with Crippen LogP contribution in [-0.2, 0) is 65.4 Å². The summed E-state index contributed by atoms with van der Waals surface area (Å²) in [5, 5.41) is 10.5. The Morgan fingerprint density at radius 3 is 0.877 bits per heavy atom. The molecule has 0 aromatic rings. The minimum absolute atomic E-state index is 0.0987. The Bertz CT molecular complexity index is 1590. The third-order valence-corrected chi connectivity index (χ3v) is 16.5. The van der Waals surface area contributed by atoms with E-state index < -0.39 is 97.5 Å². The molecule has 17 nitrogen and oxygen atoms in total. The lowest BCUT2D eigenvalue weighted by atomic mass is 10.00. The van der Waals surface area contributed by atoms with Crippen molar-refractivity contribution in [2.24, 2.45) is 5.92 Å². The van der Waals surface area contributed by atoms with E-state index in [0.29, 0.717) is 25.7 Å². The Labute approximate surface area is 492 Å². The number of hydrogen-bond acceptors (Lipinski definition) is 15. The molecule has 0 aromatic heterocycles. The Balaban J connectivity index is 5.01. The van der Waals surface area contributed by atoms with E-state index in [9.17, 15) is 43.2 Å². The summed E-state index contributed by atoms with van der Waals surface area (Å²) in [4.78, 5) is 71.5. The van der Waals surface area contributed by atoms with Gasteiger partial charge in [0, 0.05) is 25.7 Å². The molecular formula is C62H120O17P2. The maximum Gasteiger partial charge on any atom is 0.472 e. The number of hydrogen-bond donors (Lipinski definition) is 3. The van der Waals surface area contributed by atoms with Gasteiger partial charge in [0.15, 0.2) is 12.2 Å². The second kappa shape index (κ2) is 55.9. The fourth-order valence-electron chi connectivity index (χ4n) is 9.20. The second-order valence-electron chi connectivity index (χ2n) is 22.7. The molecule has 81 heavy (non-hydrogen) atoms. The fourth-order valence-corrected chi connectivity index (χ4v) is 10.8. The summed E-state index contributed by atoms with van der Waals surface area (Å²) in [6.07, 6.45) is 40.0. The van der Waals surface area contributed by atoms with Crippen molar-refractivity contribution in [2.75, 3.05) is 39.6 Å². The summed E-state index contributed by atoms with van der Waals surface area (Å²) in [6, 6.07) is 0. The van der Waals surface area contributed by atoms with Gasteiger partial charge in [0.25, 0.3) is 0 Å². The Hall–Kier alpha value is -1.94. The summed E-state index contributed by atoms with van der Waals surface area (Å²) in [7, 11) is -9.86. The summed E-state index contributed by atoms with van der Waals surface area (Å²) in [6.45, 7) is 6.95. The van der Waals surface area contributed by atoms with Crippen molar-refractivity contribution in [1.29, 1.82) is 0 Å². The number of aliphatic hydroxyl groups is 1. The topological polar surface area (TPSA) is 237 Å². The third-order valence-electron chi connectivity index (χ3n) is 14.6. The van der Waals surface area contributed by atoms with Gasteiger partial charge in [-0.2, -0.15) is 0 Å². The number of phosphoric acid groups is 2. The van der Waals surface area contributed by atoms with Crippen LogP contribution in [-0.4, -0.2) is 96.7 Å². The third kappa shape index (κ3) is 55.7. The fraction of sp³-hybridized carbons (Fsp3) is 0.935. The van der Waals surface area contributed by atoms with Crippen molar-refractivity contribution >= 4 is 39.5 Å². The number of rotatable bonds is 62. The van der Waals surface area contributed by atoms with E-state index in [4.69, 9.17) is 37.0 Å². The predicted molar refractivity (Wildman–Crippen MR) is 322 cm³/mol. The lowest BCUT2D eigenvalue weighted by molar-refractivity contribution is -0.161. The Morgan fingerprint density at radius 2 is 0.593 bits per heavy atom. The molecule has 0 aliphatic rings. The normalized spacial score (nSPS) is 14.6. The van der Waals surface area contributed by atoms with Crippen LogP contribution in [0.5, 0.6) is 0 Å². The van der Waals surface area contributed by atoms with Crippen LogP contribution < -0.4 is 0 Å². The summed E-state index contributed by atoms with van der Waals surface area (Å²) < 4.78 is 67.4. The number of carbonyl (C=O) groups is 4. The van der Waals surface area contributed by atoms with Crippen LogP contribution in [0.1, 0.15) is 311 Å². The van der Waals surface area contributed by atoms with Crippen LogP contribution >= 0.6 is 15.6 Å². The van der Waals surface area contributed by atoms with Crippen LogP contribution in [0.15, 0.2) is 0 Å². The number of aliphatic hydroxyl groups excluding tert-OH is 1. The van der Waals surface area contributed by atoms with Crippen LogP contribution in [0.2, 0.25) is 0 Å². The van der Waals surface area contributed by atoms with Gasteiger partial charge in [-0.15, -0.1) is 0 Å². The molecule has 6 atom stereocenters. The largest absolute Gasteiger partial charge is 0.472 e. The molecule has 19 heteroatoms. The van der Waals surface area contributed by atoms with Gasteiger partial charge in [-0.25, -0.2) is 9.13 Å². The molecule has 0 bridgehead atoms. The molecule has 0 aromatic carbocycles. The van der Waals surface area contributed by atoms with Gasteiger partial charge < -0.3 is 33.8 Å². The lowest BCUT2D eigenvalue weighted by Crippen LogP contribution is -2.30. The minimum atomic E-state index is -4.94. The molecule has 0 heterocycles. The van der Waals surface area contributed by atoms with Crippen molar-refractivity contribution in [3.8, 4) is 0 Å². The monoisotopic (exact) mass is 1200 g/mol. The van der Waals surface area contributed by atoms with Gasteiger partial charge in [0.2, 0.25) is 0 Å². The molecule has 0 amide bonds. The number of esters is 4. The number of phosphoric ester groups is 2. The average Bonchev–Trinajstić information content (AvgIpc) is 3.44. The van der Waals surface area contributed by atoms with Gasteiger partial charge in [0.1, 0.15) is 19.3 Å². The molecule has 0 spiro atoms. The van der Waals surface area contributed by atoms with Crippen molar-refractivity contribution in [1.82, 2.24) is 0 Å². The van der Waals surface area contributed by atoms with Gasteiger partial charge >= 0.3 is 39.5 Å². The summed E-state index contributed by atoms with van der Waals surface area (Å²) in [5.41, 5.74) is 0. The highest BCUT2D eigenvalue weighted by Gasteiger charge is 2.30. The van der Waals surface area contributed by atoms with Crippen molar-refractivity contribution in [3.05, 3.63) is 0 Å². The van der Waals surface area contributed by atoms with Crippen LogP contribution in [0.4, 0.5) is 0 Å². The average molecular weight is 1200 g/mol. The molecule has 0 aliphatic carbocycles. The Morgan fingerprint density at radius 1 is 0.346 bits per heavy atom. The van der Waals surface area contributed by atoms with E-state index in [-0.39, 0.29) is 25.7 Å². The van der Waals surface area contributed by atoms with Crippen LogP contribution in [0, 0.1) is 5.92 Å². The van der Waals surface area contributed by atoms with Gasteiger partial charge in [-0.05, 0) is 31.6 Å². The van der Waals surface area contributed by atoms with E-state index in [1.54, 1.807) is 0 Å². The van der Waals surface area contributed by atoms with Gasteiger partial charge in [-0.1, -0.05) is 259 Å². The van der Waals surface area contributed by atoms with Crippen molar-refractivity contribution in [3.63, 3.8) is 0 Å². The quantitative estimate of drug-likeness (QED) is 0.0222. The molecular weight excluding hydrogens is 1080 g/mol. The molecule has 0 saturated carbocycles. The maximum atomic E-state index is 13.0. The molecule has 0 rings (SSSR count). The van der Waals surface area contributed by atoms with Crippen LogP contribution in [0.3, 0.4) is 0 Å². The van der Waals surface area contributed by atoms with E-state index in [1.807, 2.05) is 0 Å². The number of carbonyl (C=O) groups excluding carboxylic acids is 4. The SMILES string of the molecule is CCCCCCCCCCCCCCCCCCCCCCCC(=O)O[C@H](COC(=O)CCCCCCCCC(C)CC)COP(=O)(O)OC[C@@H](O)COP(=O)(O)OC[C@@H](COC(=O)CCCCCCC)OC(=O)CCCCCCC.